The first-order valence-corrected chi connectivity index (χ1v) is 7.22. The zero-order valence-corrected chi connectivity index (χ0v) is 12.5. The smallest absolute Gasteiger partial charge is 0.324 e. The zero-order valence-electron chi connectivity index (χ0n) is 11.6. The first-order chi connectivity index (χ1) is 9.91. The molecule has 0 saturated carbocycles. The number of carbonyl (C=O) groups is 1. The van der Waals surface area contributed by atoms with E-state index in [1.165, 1.54) is 0 Å². The van der Waals surface area contributed by atoms with Crippen LogP contribution in [0.25, 0.3) is 10.8 Å². The maximum atomic E-state index is 11.4. The number of hydrogen-bond donors (Lipinski definition) is 1. The Hall–Kier alpha value is -2.12. The van der Waals surface area contributed by atoms with Gasteiger partial charge in [0.25, 0.3) is 0 Å². The number of rotatable bonds is 5. The molecule has 0 fully saturated rings. The van der Waals surface area contributed by atoms with E-state index in [0.717, 1.165) is 15.4 Å². The maximum Gasteiger partial charge on any atom is 0.324 e. The largest absolute Gasteiger partial charge is 0.755 e. The van der Waals surface area contributed by atoms with Crippen LogP contribution in [0.15, 0.2) is 36.4 Å². The van der Waals surface area contributed by atoms with Gasteiger partial charge in [0, 0.05) is 41.8 Å². The molecule has 2 aromatic carbocycles. The minimum absolute atomic E-state index is 0.354. The Morgan fingerprint density at radius 3 is 2.14 bits per heavy atom. The van der Waals surface area contributed by atoms with Crippen molar-refractivity contribution in [2.45, 2.75) is 0 Å². The number of aliphatic carboxylic acids is 1. The summed E-state index contributed by atoms with van der Waals surface area (Å²) in [5, 5.41) is 10.4. The summed E-state index contributed by atoms with van der Waals surface area (Å²) < 4.78 is 23.5. The molecule has 0 aliphatic heterocycles. The summed E-state index contributed by atoms with van der Waals surface area (Å²) in [6.45, 7) is -0.610. The van der Waals surface area contributed by atoms with Crippen molar-refractivity contribution in [3.05, 3.63) is 36.4 Å². The van der Waals surface area contributed by atoms with E-state index in [1.807, 2.05) is 37.2 Å². The van der Waals surface area contributed by atoms with Crippen molar-refractivity contribution in [1.29, 1.82) is 0 Å². The molecule has 1 N–H and O–H groups in total. The summed E-state index contributed by atoms with van der Waals surface area (Å²) in [4.78, 5) is 12.8. The lowest BCUT2D eigenvalue weighted by Crippen LogP contribution is -2.31. The Morgan fingerprint density at radius 1 is 1.14 bits per heavy atom. The van der Waals surface area contributed by atoms with E-state index in [2.05, 4.69) is 0 Å². The molecule has 0 bridgehead atoms. The average Bonchev–Trinajstić information content (AvgIpc) is 2.43. The number of fused-ring (bicyclic) bond motifs is 1. The quantitative estimate of drug-likeness (QED) is 0.848. The van der Waals surface area contributed by atoms with Crippen LogP contribution in [0.2, 0.25) is 0 Å². The molecular weight excluding hydrogens is 292 g/mol. The number of anilines is 2. The molecule has 0 spiro atoms. The van der Waals surface area contributed by atoms with E-state index < -0.39 is 23.8 Å². The predicted octanol–water partition coefficient (Wildman–Crippen LogP) is 1.59. The van der Waals surface area contributed by atoms with Gasteiger partial charge in [-0.05, 0) is 12.1 Å². The maximum absolute atomic E-state index is 11.4. The molecule has 1 unspecified atom stereocenters. The van der Waals surface area contributed by atoms with Gasteiger partial charge in [-0.1, -0.05) is 24.3 Å². The molecular formula is C14H15N2O4S-. The van der Waals surface area contributed by atoms with Crippen molar-refractivity contribution in [2.75, 3.05) is 29.8 Å². The van der Waals surface area contributed by atoms with E-state index in [0.29, 0.717) is 11.1 Å². The molecule has 0 saturated heterocycles. The minimum atomic E-state index is -2.66. The lowest BCUT2D eigenvalue weighted by molar-refractivity contribution is -0.135. The van der Waals surface area contributed by atoms with E-state index in [1.54, 1.807) is 18.2 Å². The third kappa shape index (κ3) is 3.14. The molecule has 1 atom stereocenters. The van der Waals surface area contributed by atoms with Crippen molar-refractivity contribution in [3.8, 4) is 0 Å². The summed E-state index contributed by atoms with van der Waals surface area (Å²) in [6, 6.07) is 10.7. The molecule has 21 heavy (non-hydrogen) atoms. The Bertz CT molecular complexity index is 702. The molecule has 2 rings (SSSR count). The Kier molecular flexibility index (Phi) is 4.44. The van der Waals surface area contributed by atoms with Crippen molar-refractivity contribution in [2.24, 2.45) is 0 Å². The van der Waals surface area contributed by atoms with Crippen LogP contribution >= 0.6 is 0 Å². The SMILES string of the molecule is CN(C)c1cccc2c(N(CC(=O)O)S(=O)[O-])cccc12. The second-order valence-corrected chi connectivity index (χ2v) is 5.57. The first-order valence-electron chi connectivity index (χ1n) is 6.19. The van der Waals surface area contributed by atoms with E-state index in [9.17, 15) is 13.6 Å². The van der Waals surface area contributed by atoms with Gasteiger partial charge in [0.05, 0.1) is 5.69 Å². The molecule has 2 aromatic rings. The topological polar surface area (TPSA) is 83.9 Å². The number of carboxylic acid groups (broad SMARTS) is 1. The van der Waals surface area contributed by atoms with Gasteiger partial charge in [-0.3, -0.25) is 13.3 Å². The van der Waals surface area contributed by atoms with Gasteiger partial charge >= 0.3 is 5.97 Å². The van der Waals surface area contributed by atoms with Crippen LogP contribution in [0.4, 0.5) is 11.4 Å². The number of benzene rings is 2. The highest BCUT2D eigenvalue weighted by molar-refractivity contribution is 7.80. The molecule has 112 valence electrons. The van der Waals surface area contributed by atoms with Crippen LogP contribution in [-0.4, -0.2) is 40.5 Å². The Labute approximate surface area is 125 Å². The highest BCUT2D eigenvalue weighted by Gasteiger charge is 2.15. The Morgan fingerprint density at radius 2 is 1.67 bits per heavy atom. The second-order valence-electron chi connectivity index (χ2n) is 4.69. The standard InChI is InChI=1S/C14H16N2O4S/c1-15(2)12-7-3-6-11-10(12)5-4-8-13(11)16(21(19)20)9-14(17)18/h3-8H,9H2,1-2H3,(H,17,18)(H,19,20)/p-1. The lowest BCUT2D eigenvalue weighted by Gasteiger charge is -2.26. The molecule has 0 amide bonds. The van der Waals surface area contributed by atoms with Crippen LogP contribution in [-0.2, 0) is 16.1 Å². The van der Waals surface area contributed by atoms with Crippen LogP contribution in [0, 0.1) is 0 Å². The van der Waals surface area contributed by atoms with E-state index in [-0.39, 0.29) is 0 Å². The monoisotopic (exact) mass is 307 g/mol. The highest BCUT2D eigenvalue weighted by atomic mass is 32.2. The second kappa shape index (κ2) is 6.11. The third-order valence-corrected chi connectivity index (χ3v) is 3.77. The van der Waals surface area contributed by atoms with Crippen molar-refractivity contribution < 1.29 is 18.7 Å². The van der Waals surface area contributed by atoms with Crippen molar-refractivity contribution >= 4 is 39.4 Å². The highest BCUT2D eigenvalue weighted by Crippen LogP contribution is 2.33. The summed E-state index contributed by atoms with van der Waals surface area (Å²) >= 11 is -2.66. The molecule has 0 aliphatic carbocycles. The minimum Gasteiger partial charge on any atom is -0.755 e. The third-order valence-electron chi connectivity index (χ3n) is 3.09. The predicted molar refractivity (Wildman–Crippen MR) is 82.2 cm³/mol. The summed E-state index contributed by atoms with van der Waals surface area (Å²) in [6.07, 6.45) is 0. The molecule has 0 heterocycles. The zero-order chi connectivity index (χ0) is 15.6. The van der Waals surface area contributed by atoms with Crippen molar-refractivity contribution in [1.82, 2.24) is 0 Å². The van der Waals surface area contributed by atoms with E-state index in [4.69, 9.17) is 5.11 Å². The fraction of sp³-hybridized carbons (Fsp3) is 0.214. The van der Waals surface area contributed by atoms with Gasteiger partial charge in [0.2, 0.25) is 0 Å². The van der Waals surface area contributed by atoms with Gasteiger partial charge in [-0.15, -0.1) is 0 Å². The average molecular weight is 307 g/mol. The molecule has 0 radical (unpaired) electrons. The fourth-order valence-corrected chi connectivity index (χ4v) is 2.76. The van der Waals surface area contributed by atoms with Gasteiger partial charge in [-0.2, -0.15) is 0 Å². The number of nitrogens with zero attached hydrogens (tertiary/aromatic N) is 2. The van der Waals surface area contributed by atoms with Crippen LogP contribution in [0.5, 0.6) is 0 Å². The normalized spacial score (nSPS) is 12.1. The van der Waals surface area contributed by atoms with Gasteiger partial charge in [0.1, 0.15) is 6.54 Å². The lowest BCUT2D eigenvalue weighted by atomic mass is 10.1. The van der Waals surface area contributed by atoms with Gasteiger partial charge in [0.15, 0.2) is 0 Å². The van der Waals surface area contributed by atoms with Crippen LogP contribution < -0.4 is 9.21 Å². The fourth-order valence-electron chi connectivity index (χ4n) is 2.23. The summed E-state index contributed by atoms with van der Waals surface area (Å²) in [7, 11) is 3.78. The summed E-state index contributed by atoms with van der Waals surface area (Å²) in [5.41, 5.74) is 1.29. The molecule has 6 nitrogen and oxygen atoms in total. The van der Waals surface area contributed by atoms with Crippen LogP contribution in [0.1, 0.15) is 0 Å². The van der Waals surface area contributed by atoms with Crippen molar-refractivity contribution in [3.63, 3.8) is 0 Å². The molecule has 0 aliphatic rings. The Balaban J connectivity index is 2.66. The summed E-state index contributed by atoms with van der Waals surface area (Å²) in [5.74, 6) is -1.21. The van der Waals surface area contributed by atoms with Gasteiger partial charge < -0.3 is 14.6 Å². The molecule has 0 aromatic heterocycles. The van der Waals surface area contributed by atoms with E-state index >= 15 is 0 Å². The van der Waals surface area contributed by atoms with Gasteiger partial charge in [-0.25, -0.2) is 0 Å². The van der Waals surface area contributed by atoms with Crippen LogP contribution in [0.3, 0.4) is 0 Å². The molecule has 7 heteroatoms. The number of carboxylic acids is 1. The first kappa shape index (κ1) is 15.3. The number of hydrogen-bond acceptors (Lipinski definition) is 4.